The Labute approximate surface area is 114 Å². The number of rotatable bonds is 7. The lowest BCUT2D eigenvalue weighted by Crippen LogP contribution is -2.32. The molecular weight excluding hydrogens is 251 g/mol. The molecule has 0 amide bonds. The third kappa shape index (κ3) is 4.23. The Morgan fingerprint density at radius 1 is 1.33 bits per heavy atom. The minimum atomic E-state index is -0.258. The maximum Gasteiger partial charge on any atom is 0.128 e. The maximum atomic E-state index is 13.7. The summed E-state index contributed by atoms with van der Waals surface area (Å²) in [5.41, 5.74) is 6.27. The molecule has 0 aliphatic heterocycles. The predicted molar refractivity (Wildman–Crippen MR) is 75.3 cm³/mol. The molecule has 102 valence electrons. The molecule has 3 N–H and O–H groups in total. The number of benzene rings is 1. The molecule has 0 saturated carbocycles. The van der Waals surface area contributed by atoms with Gasteiger partial charge < -0.3 is 11.1 Å². The van der Waals surface area contributed by atoms with Crippen LogP contribution in [0.2, 0.25) is 5.02 Å². The van der Waals surface area contributed by atoms with E-state index >= 15 is 0 Å². The fraction of sp³-hybridized carbons (Fsp3) is 0.571. The summed E-state index contributed by atoms with van der Waals surface area (Å²) < 4.78 is 13.7. The van der Waals surface area contributed by atoms with Crippen molar-refractivity contribution < 1.29 is 4.39 Å². The van der Waals surface area contributed by atoms with E-state index in [0.29, 0.717) is 23.0 Å². The Balaban J connectivity index is 2.73. The van der Waals surface area contributed by atoms with Crippen LogP contribution in [0.4, 0.5) is 4.39 Å². The highest BCUT2D eigenvalue weighted by Gasteiger charge is 2.15. The molecule has 1 unspecified atom stereocenters. The molecule has 1 atom stereocenters. The van der Waals surface area contributed by atoms with E-state index in [1.807, 2.05) is 0 Å². The predicted octanol–water partition coefficient (Wildman–Crippen LogP) is 3.50. The Morgan fingerprint density at radius 3 is 2.56 bits per heavy atom. The quantitative estimate of drug-likeness (QED) is 0.797. The first kappa shape index (κ1) is 15.4. The summed E-state index contributed by atoms with van der Waals surface area (Å²) in [6, 6.07) is 4.41. The van der Waals surface area contributed by atoms with Crippen molar-refractivity contribution in [2.45, 2.75) is 32.7 Å². The molecule has 4 heteroatoms. The molecule has 0 fully saturated rings. The monoisotopic (exact) mass is 272 g/mol. The second-order valence-electron chi connectivity index (χ2n) is 4.54. The normalized spacial score (nSPS) is 13.0. The van der Waals surface area contributed by atoms with Crippen LogP contribution in [0, 0.1) is 11.7 Å². The largest absolute Gasteiger partial charge is 0.329 e. The van der Waals surface area contributed by atoms with Gasteiger partial charge in [-0.1, -0.05) is 38.3 Å². The van der Waals surface area contributed by atoms with Crippen molar-refractivity contribution in [3.8, 4) is 0 Å². The Bertz CT molecular complexity index is 367. The summed E-state index contributed by atoms with van der Waals surface area (Å²) in [5, 5.41) is 3.87. The third-order valence-electron chi connectivity index (χ3n) is 3.38. The molecule has 0 aromatic heterocycles. The molecule has 0 saturated heterocycles. The molecular formula is C14H22ClFN2. The first-order chi connectivity index (χ1) is 8.62. The summed E-state index contributed by atoms with van der Waals surface area (Å²) in [7, 11) is 0. The van der Waals surface area contributed by atoms with Crippen molar-refractivity contribution in [3.63, 3.8) is 0 Å². The molecule has 0 aliphatic carbocycles. The number of halogens is 2. The molecule has 1 aromatic carbocycles. The summed E-state index contributed by atoms with van der Waals surface area (Å²) in [5.74, 6) is 0.341. The van der Waals surface area contributed by atoms with Crippen molar-refractivity contribution in [2.75, 3.05) is 13.1 Å². The van der Waals surface area contributed by atoms with Gasteiger partial charge in [0.1, 0.15) is 5.82 Å². The van der Waals surface area contributed by atoms with E-state index < -0.39 is 0 Å². The van der Waals surface area contributed by atoms with Crippen molar-refractivity contribution in [1.82, 2.24) is 5.32 Å². The smallest absolute Gasteiger partial charge is 0.128 e. The van der Waals surface area contributed by atoms with Crippen LogP contribution >= 0.6 is 11.6 Å². The fourth-order valence-corrected chi connectivity index (χ4v) is 2.17. The molecule has 0 aliphatic rings. The zero-order valence-electron chi connectivity index (χ0n) is 11.0. The van der Waals surface area contributed by atoms with Gasteiger partial charge in [-0.05, 0) is 30.7 Å². The Morgan fingerprint density at radius 2 is 2.00 bits per heavy atom. The topological polar surface area (TPSA) is 38.0 Å². The van der Waals surface area contributed by atoms with E-state index in [-0.39, 0.29) is 11.9 Å². The maximum absolute atomic E-state index is 13.7. The van der Waals surface area contributed by atoms with Gasteiger partial charge in [0, 0.05) is 23.2 Å². The molecule has 1 rings (SSSR count). The zero-order chi connectivity index (χ0) is 13.5. The Hall–Kier alpha value is -0.640. The van der Waals surface area contributed by atoms with E-state index in [1.54, 1.807) is 12.1 Å². The molecule has 0 radical (unpaired) electrons. The lowest BCUT2D eigenvalue weighted by Gasteiger charge is -2.21. The highest BCUT2D eigenvalue weighted by atomic mass is 35.5. The van der Waals surface area contributed by atoms with Crippen molar-refractivity contribution in [1.29, 1.82) is 0 Å². The van der Waals surface area contributed by atoms with Crippen molar-refractivity contribution >= 4 is 11.6 Å². The van der Waals surface area contributed by atoms with E-state index in [1.165, 1.54) is 6.07 Å². The van der Waals surface area contributed by atoms with Crippen molar-refractivity contribution in [2.24, 2.45) is 11.7 Å². The van der Waals surface area contributed by atoms with E-state index in [4.69, 9.17) is 17.3 Å². The van der Waals surface area contributed by atoms with Crippen LogP contribution in [0.15, 0.2) is 18.2 Å². The van der Waals surface area contributed by atoms with Crippen LogP contribution in [0.25, 0.3) is 0 Å². The van der Waals surface area contributed by atoms with E-state index in [2.05, 4.69) is 19.2 Å². The van der Waals surface area contributed by atoms with Gasteiger partial charge in [-0.15, -0.1) is 0 Å². The van der Waals surface area contributed by atoms with Gasteiger partial charge in [0.05, 0.1) is 0 Å². The van der Waals surface area contributed by atoms with Gasteiger partial charge in [-0.2, -0.15) is 0 Å². The highest BCUT2D eigenvalue weighted by molar-refractivity contribution is 6.30. The number of hydrogen-bond acceptors (Lipinski definition) is 2. The van der Waals surface area contributed by atoms with Gasteiger partial charge in [0.25, 0.3) is 0 Å². The highest BCUT2D eigenvalue weighted by Crippen LogP contribution is 2.21. The fourth-order valence-electron chi connectivity index (χ4n) is 1.99. The second-order valence-corrected chi connectivity index (χ2v) is 4.98. The second kappa shape index (κ2) is 7.72. The minimum absolute atomic E-state index is 0.177. The SMILES string of the molecule is CCC(CC)CNC(CN)c1cc(Cl)ccc1F. The zero-order valence-corrected chi connectivity index (χ0v) is 11.8. The van der Waals surface area contributed by atoms with E-state index in [9.17, 15) is 4.39 Å². The molecule has 0 heterocycles. The summed E-state index contributed by atoms with van der Waals surface area (Å²) in [4.78, 5) is 0. The first-order valence-corrected chi connectivity index (χ1v) is 6.88. The lowest BCUT2D eigenvalue weighted by atomic mass is 10.0. The van der Waals surface area contributed by atoms with Crippen LogP contribution in [-0.4, -0.2) is 13.1 Å². The standard InChI is InChI=1S/C14H22ClFN2/c1-3-10(4-2)9-18-14(8-17)12-7-11(15)5-6-13(12)16/h5-7,10,14,18H,3-4,8-9,17H2,1-2H3. The molecule has 0 bridgehead atoms. The van der Waals surface area contributed by atoms with Crippen molar-refractivity contribution in [3.05, 3.63) is 34.6 Å². The van der Waals surface area contributed by atoms with Gasteiger partial charge in [0.15, 0.2) is 0 Å². The first-order valence-electron chi connectivity index (χ1n) is 6.50. The third-order valence-corrected chi connectivity index (χ3v) is 3.61. The summed E-state index contributed by atoms with van der Waals surface area (Å²) in [6.07, 6.45) is 2.22. The van der Waals surface area contributed by atoms with Gasteiger partial charge >= 0.3 is 0 Å². The van der Waals surface area contributed by atoms with Gasteiger partial charge in [-0.3, -0.25) is 0 Å². The van der Waals surface area contributed by atoms with Gasteiger partial charge in [0.2, 0.25) is 0 Å². The molecule has 18 heavy (non-hydrogen) atoms. The van der Waals surface area contributed by atoms with Crippen LogP contribution in [-0.2, 0) is 0 Å². The number of hydrogen-bond donors (Lipinski definition) is 2. The van der Waals surface area contributed by atoms with Crippen LogP contribution in [0.5, 0.6) is 0 Å². The Kier molecular flexibility index (Phi) is 6.61. The molecule has 0 spiro atoms. The number of nitrogens with one attached hydrogen (secondary N) is 1. The minimum Gasteiger partial charge on any atom is -0.329 e. The molecule has 1 aromatic rings. The van der Waals surface area contributed by atoms with Crippen LogP contribution in [0.1, 0.15) is 38.3 Å². The van der Waals surface area contributed by atoms with Gasteiger partial charge in [-0.25, -0.2) is 4.39 Å². The average Bonchev–Trinajstić information content (AvgIpc) is 2.38. The summed E-state index contributed by atoms with van der Waals surface area (Å²) in [6.45, 7) is 5.53. The number of nitrogens with two attached hydrogens (primary N) is 1. The van der Waals surface area contributed by atoms with Crippen LogP contribution < -0.4 is 11.1 Å². The molecule has 2 nitrogen and oxygen atoms in total. The summed E-state index contributed by atoms with van der Waals surface area (Å²) >= 11 is 5.90. The van der Waals surface area contributed by atoms with Crippen LogP contribution in [0.3, 0.4) is 0 Å². The average molecular weight is 273 g/mol. The lowest BCUT2D eigenvalue weighted by molar-refractivity contribution is 0.407. The van der Waals surface area contributed by atoms with E-state index in [0.717, 1.165) is 19.4 Å².